The third-order valence-corrected chi connectivity index (χ3v) is 3.16. The number of nitrogens with zero attached hydrogens (tertiary/aromatic N) is 2. The SMILES string of the molecule is CN1CN(C)c2c(C(=O)CBr)cccc21. The zero-order chi connectivity index (χ0) is 11.0. The maximum absolute atomic E-state index is 11.7. The van der Waals surface area contributed by atoms with Gasteiger partial charge in [0.15, 0.2) is 5.78 Å². The molecule has 1 heterocycles. The van der Waals surface area contributed by atoms with Crippen molar-refractivity contribution in [3.8, 4) is 0 Å². The van der Waals surface area contributed by atoms with E-state index in [-0.39, 0.29) is 5.78 Å². The molecule has 0 aliphatic carbocycles. The van der Waals surface area contributed by atoms with Crippen LogP contribution in [0.15, 0.2) is 18.2 Å². The van der Waals surface area contributed by atoms with Gasteiger partial charge < -0.3 is 9.80 Å². The molecule has 1 aromatic carbocycles. The number of carbonyl (C=O) groups is 1. The van der Waals surface area contributed by atoms with Gasteiger partial charge in [0, 0.05) is 19.7 Å². The molecule has 0 amide bonds. The van der Waals surface area contributed by atoms with Crippen LogP contribution in [-0.4, -0.2) is 31.9 Å². The zero-order valence-electron chi connectivity index (χ0n) is 8.83. The summed E-state index contributed by atoms with van der Waals surface area (Å²) in [6, 6.07) is 5.87. The summed E-state index contributed by atoms with van der Waals surface area (Å²) in [5.74, 6) is 0.133. The number of fused-ring (bicyclic) bond motifs is 1. The molecule has 4 heteroatoms. The number of para-hydroxylation sites is 1. The Morgan fingerprint density at radius 3 is 2.80 bits per heavy atom. The van der Waals surface area contributed by atoms with Gasteiger partial charge in [0.25, 0.3) is 0 Å². The molecule has 1 aliphatic rings. The van der Waals surface area contributed by atoms with Crippen molar-refractivity contribution in [2.45, 2.75) is 0 Å². The minimum atomic E-state index is 0.133. The van der Waals surface area contributed by atoms with Crippen LogP contribution in [0.25, 0.3) is 0 Å². The molecular weight excluding hydrogens is 256 g/mol. The predicted molar refractivity (Wildman–Crippen MR) is 66.2 cm³/mol. The molecule has 0 fully saturated rings. The van der Waals surface area contributed by atoms with E-state index in [9.17, 15) is 4.79 Å². The lowest BCUT2D eigenvalue weighted by molar-refractivity contribution is 0.102. The van der Waals surface area contributed by atoms with E-state index >= 15 is 0 Å². The first kappa shape index (κ1) is 10.5. The van der Waals surface area contributed by atoms with Crippen molar-refractivity contribution >= 4 is 33.1 Å². The third-order valence-electron chi connectivity index (χ3n) is 2.65. The van der Waals surface area contributed by atoms with Gasteiger partial charge >= 0.3 is 0 Å². The second kappa shape index (κ2) is 3.85. The molecule has 80 valence electrons. The summed E-state index contributed by atoms with van der Waals surface area (Å²) >= 11 is 3.21. The summed E-state index contributed by atoms with van der Waals surface area (Å²) in [5.41, 5.74) is 2.98. The Labute approximate surface area is 97.8 Å². The summed E-state index contributed by atoms with van der Waals surface area (Å²) in [7, 11) is 4.04. The van der Waals surface area contributed by atoms with E-state index in [1.807, 2.05) is 32.3 Å². The first-order valence-electron chi connectivity index (χ1n) is 4.79. The fraction of sp³-hybridized carbons (Fsp3) is 0.364. The molecule has 3 nitrogen and oxygen atoms in total. The number of benzene rings is 1. The second-order valence-electron chi connectivity index (χ2n) is 3.77. The Morgan fingerprint density at radius 1 is 1.40 bits per heavy atom. The Morgan fingerprint density at radius 2 is 2.13 bits per heavy atom. The van der Waals surface area contributed by atoms with Crippen LogP contribution in [0.1, 0.15) is 10.4 Å². The van der Waals surface area contributed by atoms with Gasteiger partial charge in [-0.15, -0.1) is 0 Å². The van der Waals surface area contributed by atoms with E-state index in [1.54, 1.807) is 0 Å². The quantitative estimate of drug-likeness (QED) is 0.607. The van der Waals surface area contributed by atoms with Gasteiger partial charge in [-0.05, 0) is 12.1 Å². The number of alkyl halides is 1. The molecule has 2 rings (SSSR count). The van der Waals surface area contributed by atoms with Crippen molar-refractivity contribution in [3.63, 3.8) is 0 Å². The standard InChI is InChI=1S/C11H13BrN2O/c1-13-7-14(2)11-8(10(15)6-12)4-3-5-9(11)13/h3-5H,6-7H2,1-2H3. The van der Waals surface area contributed by atoms with Crippen LogP contribution >= 0.6 is 15.9 Å². The minimum absolute atomic E-state index is 0.133. The number of carbonyl (C=O) groups excluding carboxylic acids is 1. The van der Waals surface area contributed by atoms with Crippen molar-refractivity contribution < 1.29 is 4.79 Å². The van der Waals surface area contributed by atoms with Gasteiger partial charge in [0.1, 0.15) is 0 Å². The van der Waals surface area contributed by atoms with Crippen LogP contribution in [0, 0.1) is 0 Å². The number of hydrogen-bond acceptors (Lipinski definition) is 3. The van der Waals surface area contributed by atoms with E-state index in [0.29, 0.717) is 5.33 Å². The molecule has 0 unspecified atom stereocenters. The van der Waals surface area contributed by atoms with Crippen molar-refractivity contribution in [2.24, 2.45) is 0 Å². The fourth-order valence-corrected chi connectivity index (χ4v) is 2.30. The predicted octanol–water partition coefficient (Wildman–Crippen LogP) is 2.11. The average molecular weight is 269 g/mol. The molecule has 0 saturated heterocycles. The Hall–Kier alpha value is -1.03. The maximum atomic E-state index is 11.7. The van der Waals surface area contributed by atoms with Crippen molar-refractivity contribution in [1.82, 2.24) is 0 Å². The van der Waals surface area contributed by atoms with Crippen LogP contribution in [0.4, 0.5) is 11.4 Å². The molecule has 0 bridgehead atoms. The summed E-state index contributed by atoms with van der Waals surface area (Å²) < 4.78 is 0. The van der Waals surface area contributed by atoms with Crippen molar-refractivity contribution in [3.05, 3.63) is 23.8 Å². The molecular formula is C11H13BrN2O. The van der Waals surface area contributed by atoms with Crippen LogP contribution in [0.3, 0.4) is 0 Å². The molecule has 0 radical (unpaired) electrons. The summed E-state index contributed by atoms with van der Waals surface area (Å²) in [6.45, 7) is 0.835. The van der Waals surface area contributed by atoms with E-state index in [2.05, 4.69) is 25.7 Å². The number of halogens is 1. The molecule has 1 aliphatic heterocycles. The Bertz CT molecular complexity index is 406. The fourth-order valence-electron chi connectivity index (χ4n) is 2.00. The average Bonchev–Trinajstić information content (AvgIpc) is 2.54. The number of Topliss-reactive ketones (excluding diaryl/α,β-unsaturated/α-hetero) is 1. The molecule has 0 aromatic heterocycles. The van der Waals surface area contributed by atoms with Crippen LogP contribution in [0.5, 0.6) is 0 Å². The molecule has 1 aromatic rings. The Kier molecular flexibility index (Phi) is 2.69. The lowest BCUT2D eigenvalue weighted by Crippen LogP contribution is -2.24. The third kappa shape index (κ3) is 1.63. The lowest BCUT2D eigenvalue weighted by atomic mass is 10.1. The highest BCUT2D eigenvalue weighted by Crippen LogP contribution is 2.37. The molecule has 0 spiro atoms. The van der Waals surface area contributed by atoms with Gasteiger partial charge in [0.2, 0.25) is 0 Å². The topological polar surface area (TPSA) is 23.6 Å². The monoisotopic (exact) mass is 268 g/mol. The molecule has 0 saturated carbocycles. The zero-order valence-corrected chi connectivity index (χ0v) is 10.4. The molecule has 0 atom stereocenters. The largest absolute Gasteiger partial charge is 0.355 e. The normalized spacial score (nSPS) is 14.3. The number of hydrogen-bond donors (Lipinski definition) is 0. The minimum Gasteiger partial charge on any atom is -0.355 e. The van der Waals surface area contributed by atoms with Crippen LogP contribution in [-0.2, 0) is 0 Å². The van der Waals surface area contributed by atoms with Crippen LogP contribution < -0.4 is 9.80 Å². The van der Waals surface area contributed by atoms with Gasteiger partial charge in [-0.1, -0.05) is 22.0 Å². The smallest absolute Gasteiger partial charge is 0.175 e. The van der Waals surface area contributed by atoms with E-state index < -0.39 is 0 Å². The van der Waals surface area contributed by atoms with Gasteiger partial charge in [-0.3, -0.25) is 4.79 Å². The summed E-state index contributed by atoms with van der Waals surface area (Å²) in [5, 5.41) is 0.376. The summed E-state index contributed by atoms with van der Waals surface area (Å²) in [4.78, 5) is 16.0. The lowest BCUT2D eigenvalue weighted by Gasteiger charge is -2.13. The maximum Gasteiger partial charge on any atom is 0.175 e. The number of anilines is 2. The highest BCUT2D eigenvalue weighted by molar-refractivity contribution is 9.09. The van der Waals surface area contributed by atoms with Gasteiger partial charge in [-0.25, -0.2) is 0 Å². The summed E-state index contributed by atoms with van der Waals surface area (Å²) in [6.07, 6.45) is 0. The van der Waals surface area contributed by atoms with Crippen molar-refractivity contribution in [2.75, 3.05) is 35.9 Å². The first-order valence-corrected chi connectivity index (χ1v) is 5.91. The second-order valence-corrected chi connectivity index (χ2v) is 4.33. The van der Waals surface area contributed by atoms with Crippen LogP contribution in [0.2, 0.25) is 0 Å². The highest BCUT2D eigenvalue weighted by atomic mass is 79.9. The van der Waals surface area contributed by atoms with E-state index in [1.165, 1.54) is 0 Å². The van der Waals surface area contributed by atoms with Gasteiger partial charge in [0.05, 0.1) is 23.4 Å². The first-order chi connectivity index (χ1) is 7.15. The van der Waals surface area contributed by atoms with E-state index in [4.69, 9.17) is 0 Å². The Balaban J connectivity index is 2.55. The van der Waals surface area contributed by atoms with Crippen molar-refractivity contribution in [1.29, 1.82) is 0 Å². The molecule has 15 heavy (non-hydrogen) atoms. The van der Waals surface area contributed by atoms with Gasteiger partial charge in [-0.2, -0.15) is 0 Å². The number of rotatable bonds is 2. The number of ketones is 1. The van der Waals surface area contributed by atoms with E-state index in [0.717, 1.165) is 23.6 Å². The molecule has 0 N–H and O–H groups in total. The highest BCUT2D eigenvalue weighted by Gasteiger charge is 2.25.